The Balaban J connectivity index is 2.17. The van der Waals surface area contributed by atoms with Crippen LogP contribution in [0.25, 0.3) is 0 Å². The van der Waals surface area contributed by atoms with Crippen molar-refractivity contribution in [1.82, 2.24) is 4.72 Å². The highest BCUT2D eigenvalue weighted by Gasteiger charge is 2.31. The Hall–Kier alpha value is -0.000000000000000111. The Morgan fingerprint density at radius 2 is 1.82 bits per heavy atom. The molecule has 0 amide bonds. The molecule has 1 aromatic rings. The van der Waals surface area contributed by atoms with Gasteiger partial charge in [-0.25, -0.2) is 13.1 Å². The van der Waals surface area contributed by atoms with Crippen molar-refractivity contribution in [2.24, 2.45) is 0 Å². The van der Waals surface area contributed by atoms with Gasteiger partial charge in [-0.1, -0.05) is 23.2 Å². The predicted molar refractivity (Wildman–Crippen MR) is 69.4 cm³/mol. The minimum Gasteiger partial charge on any atom is -0.208 e. The molecule has 3 nitrogen and oxygen atoms in total. The number of halogens is 3. The van der Waals surface area contributed by atoms with Crippen molar-refractivity contribution in [3.63, 3.8) is 0 Å². The summed E-state index contributed by atoms with van der Waals surface area (Å²) in [5.41, 5.74) is 0. The van der Waals surface area contributed by atoms with Crippen molar-refractivity contribution in [2.45, 2.75) is 29.2 Å². The molecule has 0 spiro atoms. The number of benzene rings is 1. The van der Waals surface area contributed by atoms with Gasteiger partial charge in [-0.05, 0) is 31.0 Å². The number of alkyl halides is 1. The molecule has 0 bridgehead atoms. The second-order valence-corrected chi connectivity index (χ2v) is 7.11. The molecule has 0 heterocycles. The maximum atomic E-state index is 11.9. The van der Waals surface area contributed by atoms with Gasteiger partial charge in [-0.2, -0.15) is 0 Å². The zero-order chi connectivity index (χ0) is 12.6. The molecule has 1 aromatic carbocycles. The highest BCUT2D eigenvalue weighted by atomic mass is 35.5. The smallest absolute Gasteiger partial charge is 0.208 e. The van der Waals surface area contributed by atoms with E-state index in [1.165, 1.54) is 18.2 Å². The van der Waals surface area contributed by atoms with E-state index in [1.54, 1.807) is 0 Å². The van der Waals surface area contributed by atoms with Crippen molar-refractivity contribution < 1.29 is 8.42 Å². The zero-order valence-electron chi connectivity index (χ0n) is 8.66. The zero-order valence-corrected chi connectivity index (χ0v) is 11.7. The van der Waals surface area contributed by atoms with Gasteiger partial charge >= 0.3 is 0 Å². The molecule has 0 aromatic heterocycles. The summed E-state index contributed by atoms with van der Waals surface area (Å²) in [6.07, 6.45) is 1.31. The van der Waals surface area contributed by atoms with Gasteiger partial charge in [0.05, 0.1) is 14.9 Å². The van der Waals surface area contributed by atoms with Crippen LogP contribution >= 0.6 is 34.8 Å². The molecular weight excluding hydrogens is 305 g/mol. The molecule has 1 aliphatic rings. The van der Waals surface area contributed by atoms with Crippen molar-refractivity contribution in [2.75, 3.05) is 0 Å². The van der Waals surface area contributed by atoms with Gasteiger partial charge in [0.15, 0.2) is 0 Å². The molecular formula is C10H10Cl3NO2S. The Labute approximate surface area is 115 Å². The van der Waals surface area contributed by atoms with E-state index in [2.05, 4.69) is 4.72 Å². The van der Waals surface area contributed by atoms with Crippen molar-refractivity contribution in [1.29, 1.82) is 0 Å². The van der Waals surface area contributed by atoms with E-state index in [-0.39, 0.29) is 21.3 Å². The third kappa shape index (κ3) is 3.06. The fourth-order valence-corrected chi connectivity index (χ4v) is 3.66. The molecule has 7 heteroatoms. The molecule has 1 N–H and O–H groups in total. The highest BCUT2D eigenvalue weighted by Crippen LogP contribution is 2.28. The van der Waals surface area contributed by atoms with E-state index < -0.39 is 10.0 Å². The van der Waals surface area contributed by atoms with Gasteiger partial charge in [0.2, 0.25) is 10.0 Å². The summed E-state index contributed by atoms with van der Waals surface area (Å²) in [6, 6.07) is 4.14. The summed E-state index contributed by atoms with van der Waals surface area (Å²) < 4.78 is 26.5. The van der Waals surface area contributed by atoms with Gasteiger partial charge < -0.3 is 0 Å². The van der Waals surface area contributed by atoms with E-state index in [9.17, 15) is 8.42 Å². The summed E-state index contributed by atoms with van der Waals surface area (Å²) in [5.74, 6) is 0. The lowest BCUT2D eigenvalue weighted by molar-refractivity contribution is 0.391. The van der Waals surface area contributed by atoms with Crippen molar-refractivity contribution in [3.05, 3.63) is 28.2 Å². The predicted octanol–water partition coefficient (Wildman–Crippen LogP) is 3.04. The minimum atomic E-state index is -3.53. The molecule has 0 atom stereocenters. The summed E-state index contributed by atoms with van der Waals surface area (Å²) in [4.78, 5) is 0.116. The maximum Gasteiger partial charge on any atom is 0.240 e. The van der Waals surface area contributed by atoms with Crippen LogP contribution in [0.5, 0.6) is 0 Å². The number of nitrogens with one attached hydrogen (secondary N) is 1. The van der Waals surface area contributed by atoms with Gasteiger partial charge in [0.25, 0.3) is 0 Å². The van der Waals surface area contributed by atoms with Crippen LogP contribution in [0.4, 0.5) is 0 Å². The quantitative estimate of drug-likeness (QED) is 0.872. The van der Waals surface area contributed by atoms with Crippen molar-refractivity contribution >= 4 is 44.8 Å². The molecule has 1 fully saturated rings. The first-order chi connectivity index (χ1) is 7.88. The monoisotopic (exact) mass is 313 g/mol. The normalized spacial score (nSPS) is 24.4. The molecule has 0 saturated heterocycles. The molecule has 0 radical (unpaired) electrons. The molecule has 94 valence electrons. The SMILES string of the molecule is O=S(=O)(NC1CC(Cl)C1)c1ccc(Cl)c(Cl)c1. The van der Waals surface area contributed by atoms with E-state index in [1.807, 2.05) is 0 Å². The summed E-state index contributed by atoms with van der Waals surface area (Å²) >= 11 is 17.3. The van der Waals surface area contributed by atoms with Gasteiger partial charge in [-0.15, -0.1) is 11.6 Å². The van der Waals surface area contributed by atoms with Crippen LogP contribution in [-0.4, -0.2) is 19.8 Å². The van der Waals surface area contributed by atoms with Crippen LogP contribution in [0.3, 0.4) is 0 Å². The lowest BCUT2D eigenvalue weighted by Gasteiger charge is -2.31. The summed E-state index contributed by atoms with van der Waals surface area (Å²) in [6.45, 7) is 0. The average molecular weight is 315 g/mol. The fraction of sp³-hybridized carbons (Fsp3) is 0.400. The number of hydrogen-bond donors (Lipinski definition) is 1. The van der Waals surface area contributed by atoms with Crippen LogP contribution < -0.4 is 4.72 Å². The molecule has 2 rings (SSSR count). The second-order valence-electron chi connectivity index (χ2n) is 3.96. The third-order valence-corrected chi connectivity index (χ3v) is 5.22. The largest absolute Gasteiger partial charge is 0.240 e. The molecule has 0 unspecified atom stereocenters. The lowest BCUT2D eigenvalue weighted by atomic mass is 9.94. The molecule has 0 aliphatic heterocycles. The first-order valence-electron chi connectivity index (χ1n) is 5.00. The fourth-order valence-electron chi connectivity index (χ4n) is 1.58. The number of rotatable bonds is 3. The standard InChI is InChI=1S/C10H10Cl3NO2S/c11-6-3-7(4-6)14-17(15,16)8-1-2-9(12)10(13)5-8/h1-2,5-7,14H,3-4H2. The third-order valence-electron chi connectivity index (χ3n) is 2.60. The van der Waals surface area contributed by atoms with E-state index in [4.69, 9.17) is 34.8 Å². The Bertz CT molecular complexity index is 526. The molecule has 1 aliphatic carbocycles. The maximum absolute atomic E-state index is 11.9. The van der Waals surface area contributed by atoms with E-state index in [0.29, 0.717) is 17.9 Å². The van der Waals surface area contributed by atoms with Gasteiger partial charge in [0, 0.05) is 11.4 Å². The Kier molecular flexibility index (Phi) is 3.90. The Morgan fingerprint density at radius 1 is 1.18 bits per heavy atom. The minimum absolute atomic E-state index is 0.0662. The molecule has 1 saturated carbocycles. The Morgan fingerprint density at radius 3 is 2.35 bits per heavy atom. The lowest BCUT2D eigenvalue weighted by Crippen LogP contribution is -2.44. The van der Waals surface area contributed by atoms with E-state index >= 15 is 0 Å². The topological polar surface area (TPSA) is 46.2 Å². The van der Waals surface area contributed by atoms with E-state index in [0.717, 1.165) is 0 Å². The van der Waals surface area contributed by atoms with Crippen molar-refractivity contribution in [3.8, 4) is 0 Å². The van der Waals surface area contributed by atoms with Crippen LogP contribution in [0.2, 0.25) is 10.0 Å². The molecule has 17 heavy (non-hydrogen) atoms. The summed E-state index contributed by atoms with van der Waals surface area (Å²) in [5, 5.41) is 0.616. The van der Waals surface area contributed by atoms with Crippen LogP contribution in [0.15, 0.2) is 23.1 Å². The van der Waals surface area contributed by atoms with Crippen LogP contribution in [-0.2, 0) is 10.0 Å². The van der Waals surface area contributed by atoms with Crippen LogP contribution in [0, 0.1) is 0 Å². The number of sulfonamides is 1. The average Bonchev–Trinajstić information content (AvgIpc) is 2.19. The highest BCUT2D eigenvalue weighted by molar-refractivity contribution is 7.89. The number of hydrogen-bond acceptors (Lipinski definition) is 2. The first-order valence-corrected chi connectivity index (χ1v) is 7.67. The summed E-state index contributed by atoms with van der Waals surface area (Å²) in [7, 11) is -3.53. The van der Waals surface area contributed by atoms with Crippen LogP contribution in [0.1, 0.15) is 12.8 Å². The van der Waals surface area contributed by atoms with Gasteiger partial charge in [0.1, 0.15) is 0 Å². The second kappa shape index (κ2) is 4.94. The van der Waals surface area contributed by atoms with Gasteiger partial charge in [-0.3, -0.25) is 0 Å². The first kappa shape index (κ1) is 13.4.